The molecule has 4 rings (SSSR count). The molecule has 0 atom stereocenters. The quantitative estimate of drug-likeness (QED) is 0.717. The summed E-state index contributed by atoms with van der Waals surface area (Å²) < 4.78 is 2.27. The second-order valence-electron chi connectivity index (χ2n) is 8.37. The van der Waals surface area contributed by atoms with Crippen molar-refractivity contribution >= 4 is 10.9 Å². The third kappa shape index (κ3) is 3.12. The fourth-order valence-corrected chi connectivity index (χ4v) is 5.07. The number of fused-ring (bicyclic) bond motifs is 1. The Kier molecular flexibility index (Phi) is 4.92. The first-order valence-corrected chi connectivity index (χ1v) is 10.5. The Labute approximate surface area is 161 Å². The minimum absolute atomic E-state index is 0.106. The molecule has 2 aliphatic carbocycles. The summed E-state index contributed by atoms with van der Waals surface area (Å²) in [6.45, 7) is 2.17. The van der Waals surface area contributed by atoms with Crippen molar-refractivity contribution in [2.24, 2.45) is 5.92 Å². The molecule has 2 fully saturated rings. The molecule has 0 aliphatic heterocycles. The largest absolute Gasteiger partial charge is 0.262 e. The Hall–Kier alpha value is -2.33. The normalized spacial score (nSPS) is 26.6. The number of rotatable bonds is 3. The molecule has 27 heavy (non-hydrogen) atoms. The van der Waals surface area contributed by atoms with Gasteiger partial charge in [0.25, 0.3) is 0 Å². The van der Waals surface area contributed by atoms with E-state index in [1.807, 2.05) is 0 Å². The molecule has 0 N–H and O–H groups in total. The van der Waals surface area contributed by atoms with Gasteiger partial charge in [-0.25, -0.2) is 0 Å². The molecular formula is C23H28N4. The lowest BCUT2D eigenvalue weighted by molar-refractivity contribution is 0.320. The summed E-state index contributed by atoms with van der Waals surface area (Å²) >= 11 is 0. The van der Waals surface area contributed by atoms with Gasteiger partial charge >= 0.3 is 0 Å². The SMILES string of the molecule is CCc1nn(C2CCCCC2)c2cc(C3(C#N)CCC(C#N)CC3)ccc12. The van der Waals surface area contributed by atoms with Crippen molar-refractivity contribution in [2.75, 3.05) is 0 Å². The van der Waals surface area contributed by atoms with Gasteiger partial charge in [0.2, 0.25) is 0 Å². The van der Waals surface area contributed by atoms with Crippen molar-refractivity contribution in [1.82, 2.24) is 9.78 Å². The van der Waals surface area contributed by atoms with Crippen molar-refractivity contribution < 1.29 is 0 Å². The van der Waals surface area contributed by atoms with Crippen molar-refractivity contribution in [3.05, 3.63) is 29.5 Å². The third-order valence-electron chi connectivity index (χ3n) is 6.83. The highest BCUT2D eigenvalue weighted by Gasteiger charge is 2.37. The standard InChI is InChI=1S/C23H28N4/c1-2-21-20-9-8-18(23(16-25)12-10-17(15-24)11-13-23)14-22(20)27(26-21)19-6-4-3-5-7-19/h8-9,14,17,19H,2-7,10-13H2,1H3. The van der Waals surface area contributed by atoms with Crippen molar-refractivity contribution in [3.63, 3.8) is 0 Å². The molecule has 140 valence electrons. The van der Waals surface area contributed by atoms with Gasteiger partial charge in [0, 0.05) is 11.3 Å². The highest BCUT2D eigenvalue weighted by atomic mass is 15.3. The Morgan fingerprint density at radius 2 is 1.85 bits per heavy atom. The fourth-order valence-electron chi connectivity index (χ4n) is 5.07. The summed E-state index contributed by atoms with van der Waals surface area (Å²) in [4.78, 5) is 0. The topological polar surface area (TPSA) is 65.4 Å². The minimum atomic E-state index is -0.449. The molecule has 2 aromatic rings. The molecule has 2 saturated carbocycles. The molecule has 2 aliphatic rings. The zero-order valence-electron chi connectivity index (χ0n) is 16.2. The van der Waals surface area contributed by atoms with Gasteiger partial charge in [-0.3, -0.25) is 4.68 Å². The van der Waals surface area contributed by atoms with Gasteiger partial charge < -0.3 is 0 Å². The Morgan fingerprint density at radius 3 is 2.48 bits per heavy atom. The molecule has 0 spiro atoms. The first kappa shape index (κ1) is 18.1. The highest BCUT2D eigenvalue weighted by Crippen LogP contribution is 2.42. The molecule has 1 heterocycles. The lowest BCUT2D eigenvalue weighted by Crippen LogP contribution is -2.30. The van der Waals surface area contributed by atoms with Crippen molar-refractivity contribution in [2.45, 2.75) is 82.6 Å². The molecule has 0 unspecified atom stereocenters. The summed E-state index contributed by atoms with van der Waals surface area (Å²) in [5.74, 6) is 0.106. The Balaban J connectivity index is 1.77. The van der Waals surface area contributed by atoms with E-state index < -0.39 is 5.41 Å². The predicted molar refractivity (Wildman–Crippen MR) is 106 cm³/mol. The van der Waals surface area contributed by atoms with Crippen molar-refractivity contribution in [1.29, 1.82) is 10.5 Å². The van der Waals surface area contributed by atoms with Crippen LogP contribution in [0.4, 0.5) is 0 Å². The predicted octanol–water partition coefficient (Wildman–Crippen LogP) is 5.58. The van der Waals surface area contributed by atoms with Crippen LogP contribution in [0.15, 0.2) is 18.2 Å². The first-order valence-electron chi connectivity index (χ1n) is 10.5. The van der Waals surface area contributed by atoms with Crippen LogP contribution in [0.5, 0.6) is 0 Å². The zero-order chi connectivity index (χ0) is 18.9. The number of hydrogen-bond donors (Lipinski definition) is 0. The first-order chi connectivity index (χ1) is 13.2. The van der Waals surface area contributed by atoms with Gasteiger partial charge in [-0.15, -0.1) is 0 Å². The average molecular weight is 361 g/mol. The zero-order valence-corrected chi connectivity index (χ0v) is 16.2. The van der Waals surface area contributed by atoms with E-state index in [-0.39, 0.29) is 5.92 Å². The maximum atomic E-state index is 10.0. The number of hydrogen-bond acceptors (Lipinski definition) is 3. The van der Waals surface area contributed by atoms with E-state index >= 15 is 0 Å². The Morgan fingerprint density at radius 1 is 1.11 bits per heavy atom. The molecule has 0 saturated heterocycles. The van der Waals surface area contributed by atoms with Gasteiger partial charge in [0.1, 0.15) is 0 Å². The van der Waals surface area contributed by atoms with E-state index in [1.165, 1.54) is 48.7 Å². The summed E-state index contributed by atoms with van der Waals surface area (Å²) in [5.41, 5.74) is 3.04. The number of nitriles is 2. The van der Waals surface area contributed by atoms with Crippen LogP contribution in [-0.4, -0.2) is 9.78 Å². The molecule has 1 aromatic carbocycles. The number of aryl methyl sites for hydroxylation is 1. The second-order valence-corrected chi connectivity index (χ2v) is 8.37. The van der Waals surface area contributed by atoms with Crippen LogP contribution < -0.4 is 0 Å². The molecule has 0 amide bonds. The van der Waals surface area contributed by atoms with Crippen LogP contribution in [0.25, 0.3) is 10.9 Å². The van der Waals surface area contributed by atoms with Gasteiger partial charge in [-0.1, -0.05) is 38.3 Å². The molecular weight excluding hydrogens is 332 g/mol. The van der Waals surface area contributed by atoms with E-state index in [0.29, 0.717) is 6.04 Å². The van der Waals surface area contributed by atoms with Gasteiger partial charge in [-0.2, -0.15) is 15.6 Å². The van der Waals surface area contributed by atoms with E-state index in [0.717, 1.165) is 37.7 Å². The van der Waals surface area contributed by atoms with E-state index in [4.69, 9.17) is 5.10 Å². The van der Waals surface area contributed by atoms with Gasteiger partial charge in [-0.05, 0) is 56.6 Å². The number of benzene rings is 1. The smallest absolute Gasteiger partial charge is 0.0824 e. The molecule has 0 bridgehead atoms. The van der Waals surface area contributed by atoms with Gasteiger partial charge in [0.15, 0.2) is 0 Å². The summed E-state index contributed by atoms with van der Waals surface area (Å²) in [6, 6.07) is 12.1. The van der Waals surface area contributed by atoms with E-state index in [1.54, 1.807) is 0 Å². The van der Waals surface area contributed by atoms with Crippen LogP contribution in [0.2, 0.25) is 0 Å². The molecule has 0 radical (unpaired) electrons. The molecule has 4 heteroatoms. The van der Waals surface area contributed by atoms with Crippen LogP contribution in [-0.2, 0) is 11.8 Å². The third-order valence-corrected chi connectivity index (χ3v) is 6.83. The van der Waals surface area contributed by atoms with Crippen LogP contribution >= 0.6 is 0 Å². The maximum absolute atomic E-state index is 10.0. The molecule has 1 aromatic heterocycles. The number of aromatic nitrogens is 2. The summed E-state index contributed by atoms with van der Waals surface area (Å²) in [6.07, 6.45) is 10.5. The lowest BCUT2D eigenvalue weighted by Gasteiger charge is -2.33. The highest BCUT2D eigenvalue weighted by molar-refractivity contribution is 5.83. The number of nitrogens with zero attached hydrogens (tertiary/aromatic N) is 4. The molecule has 4 nitrogen and oxygen atoms in total. The Bertz CT molecular complexity index is 897. The monoisotopic (exact) mass is 360 g/mol. The van der Waals surface area contributed by atoms with Crippen molar-refractivity contribution in [3.8, 4) is 12.1 Å². The fraction of sp³-hybridized carbons (Fsp3) is 0.609. The average Bonchev–Trinajstić information content (AvgIpc) is 3.12. The lowest BCUT2D eigenvalue weighted by atomic mass is 9.68. The van der Waals surface area contributed by atoms with Crippen LogP contribution in [0.1, 0.15) is 82.0 Å². The van der Waals surface area contributed by atoms with E-state index in [9.17, 15) is 10.5 Å². The second kappa shape index (κ2) is 7.35. The summed E-state index contributed by atoms with van der Waals surface area (Å²) in [7, 11) is 0. The minimum Gasteiger partial charge on any atom is -0.262 e. The van der Waals surface area contributed by atoms with E-state index in [2.05, 4.69) is 41.9 Å². The summed E-state index contributed by atoms with van der Waals surface area (Å²) in [5, 5.41) is 25.5. The van der Waals surface area contributed by atoms with Gasteiger partial charge in [0.05, 0.1) is 34.8 Å². The maximum Gasteiger partial charge on any atom is 0.0824 e. The van der Waals surface area contributed by atoms with Crippen LogP contribution in [0, 0.1) is 28.6 Å². The van der Waals surface area contributed by atoms with Crippen LogP contribution in [0.3, 0.4) is 0 Å².